The third kappa shape index (κ3) is 4.51. The highest BCUT2D eigenvalue weighted by atomic mass is 19.4. The molecule has 2 fully saturated rings. The van der Waals surface area contributed by atoms with Gasteiger partial charge in [0, 0.05) is 23.4 Å². The first-order valence-electron chi connectivity index (χ1n) is 13.4. The molecule has 4 nitrogen and oxygen atoms in total. The molecule has 1 heterocycles. The lowest BCUT2D eigenvalue weighted by Crippen LogP contribution is -2.50. The smallest absolute Gasteiger partial charge is 0.426 e. The van der Waals surface area contributed by atoms with Crippen molar-refractivity contribution in [3.05, 3.63) is 70.5 Å². The van der Waals surface area contributed by atoms with Crippen LogP contribution in [0.25, 0.3) is 0 Å². The summed E-state index contributed by atoms with van der Waals surface area (Å²) in [6, 6.07) is 9.77. The minimum Gasteiger partial charge on any atom is -0.481 e. The molecule has 2 aliphatic carbocycles. The number of hydrogen-bond acceptors (Lipinski definition) is 2. The molecule has 3 aliphatic rings. The summed E-state index contributed by atoms with van der Waals surface area (Å²) in [5.41, 5.74) is -3.10. The van der Waals surface area contributed by atoms with E-state index in [1.165, 1.54) is 24.3 Å². The number of halogens is 5. The monoisotopic (exact) mass is 549 g/mol. The van der Waals surface area contributed by atoms with Crippen molar-refractivity contribution in [3.63, 3.8) is 0 Å². The van der Waals surface area contributed by atoms with Crippen LogP contribution in [0.4, 0.5) is 22.0 Å². The highest BCUT2D eigenvalue weighted by molar-refractivity contribution is 5.84. The van der Waals surface area contributed by atoms with Gasteiger partial charge >= 0.3 is 12.1 Å². The van der Waals surface area contributed by atoms with E-state index in [1.54, 1.807) is 18.2 Å². The maximum absolute atomic E-state index is 14.9. The van der Waals surface area contributed by atoms with Crippen molar-refractivity contribution in [2.45, 2.75) is 82.1 Å². The zero-order chi connectivity index (χ0) is 28.4. The molecule has 9 heteroatoms. The van der Waals surface area contributed by atoms with Crippen molar-refractivity contribution >= 4 is 11.9 Å². The van der Waals surface area contributed by atoms with E-state index in [-0.39, 0.29) is 24.2 Å². The number of carboxylic acids is 1. The van der Waals surface area contributed by atoms with Gasteiger partial charge in [0.2, 0.25) is 11.6 Å². The first-order valence-corrected chi connectivity index (χ1v) is 13.4. The van der Waals surface area contributed by atoms with Crippen molar-refractivity contribution in [2.75, 3.05) is 6.54 Å². The molecule has 0 spiro atoms. The molecule has 5 rings (SSSR count). The Kier molecular flexibility index (Phi) is 6.58. The van der Waals surface area contributed by atoms with Crippen LogP contribution < -0.4 is 0 Å². The largest absolute Gasteiger partial charge is 0.481 e. The number of likely N-dealkylation sites (tertiary alicyclic amines) is 1. The van der Waals surface area contributed by atoms with E-state index < -0.39 is 40.1 Å². The molecule has 1 amide bonds. The van der Waals surface area contributed by atoms with Gasteiger partial charge in [0.15, 0.2) is 0 Å². The van der Waals surface area contributed by atoms with Crippen LogP contribution in [0.1, 0.15) is 68.2 Å². The number of nitrogens with zero attached hydrogens (tertiary/aromatic N) is 1. The van der Waals surface area contributed by atoms with Crippen molar-refractivity contribution < 1.29 is 36.6 Å². The number of carbonyl (C=O) groups is 2. The molecule has 0 bridgehead atoms. The summed E-state index contributed by atoms with van der Waals surface area (Å²) in [4.78, 5) is 27.3. The van der Waals surface area contributed by atoms with Crippen LogP contribution in [-0.4, -0.2) is 40.6 Å². The Morgan fingerprint density at radius 3 is 2.26 bits per heavy atom. The fourth-order valence-electron chi connectivity index (χ4n) is 7.05. The Balaban J connectivity index is 1.51. The molecule has 1 N–H and O–H groups in total. The standard InChI is InChI=1S/C30H32F5NO3/c1-27(11-9-19(10-12-27)25(37)38)26(39)36-14-13-29(17-18-3-6-22(31)7-4-18)23-8-5-21(15-20(23)16-24(29)36)28(2,32)30(33,34)35/h3-8,15,19,24H,9-14,16-17H2,1-2H3,(H,37,38). The quantitative estimate of drug-likeness (QED) is 0.434. The maximum Gasteiger partial charge on any atom is 0.426 e. The summed E-state index contributed by atoms with van der Waals surface area (Å²) in [6.07, 6.45) is -2.06. The number of carbonyl (C=O) groups excluding carboxylic acids is 1. The first kappa shape index (κ1) is 27.6. The second-order valence-corrected chi connectivity index (χ2v) is 12.0. The molecule has 3 atom stereocenters. The SMILES string of the molecule is CC1(C(=O)N2CCC3(Cc4ccc(F)cc4)c4ccc(C(C)(F)C(F)(F)F)cc4CC23)CCC(C(=O)O)CC1. The number of alkyl halides is 4. The Morgan fingerprint density at radius 2 is 1.67 bits per heavy atom. The van der Waals surface area contributed by atoms with Crippen LogP contribution in [0.3, 0.4) is 0 Å². The molecule has 0 radical (unpaired) electrons. The minimum atomic E-state index is -5.08. The van der Waals surface area contributed by atoms with Gasteiger partial charge in [0.05, 0.1) is 5.92 Å². The zero-order valence-corrected chi connectivity index (χ0v) is 22.0. The van der Waals surface area contributed by atoms with Gasteiger partial charge in [-0.05, 0) is 86.3 Å². The lowest BCUT2D eigenvalue weighted by molar-refractivity contribution is -0.228. The molecular weight excluding hydrogens is 517 g/mol. The number of benzene rings is 2. The average molecular weight is 550 g/mol. The lowest BCUT2D eigenvalue weighted by Gasteiger charge is -2.41. The molecule has 39 heavy (non-hydrogen) atoms. The van der Waals surface area contributed by atoms with Crippen LogP contribution in [-0.2, 0) is 33.5 Å². The van der Waals surface area contributed by atoms with E-state index in [9.17, 15) is 36.6 Å². The number of rotatable bonds is 5. The van der Waals surface area contributed by atoms with E-state index in [4.69, 9.17) is 0 Å². The second kappa shape index (κ2) is 9.30. The predicted octanol–water partition coefficient (Wildman–Crippen LogP) is 6.49. The molecule has 210 valence electrons. The number of carboxylic acid groups (broad SMARTS) is 1. The fourth-order valence-corrected chi connectivity index (χ4v) is 7.05. The van der Waals surface area contributed by atoms with Crippen molar-refractivity contribution in [3.8, 4) is 0 Å². The normalized spacial score (nSPS) is 30.0. The summed E-state index contributed by atoms with van der Waals surface area (Å²) < 4.78 is 69.0. The summed E-state index contributed by atoms with van der Waals surface area (Å²) in [5.74, 6) is -1.78. The van der Waals surface area contributed by atoms with Gasteiger partial charge in [0.1, 0.15) is 5.82 Å². The van der Waals surface area contributed by atoms with Gasteiger partial charge in [0.25, 0.3) is 0 Å². The van der Waals surface area contributed by atoms with E-state index in [1.807, 2.05) is 11.8 Å². The number of amides is 1. The molecule has 0 aromatic heterocycles. The molecule has 1 aliphatic heterocycles. The van der Waals surface area contributed by atoms with Crippen LogP contribution >= 0.6 is 0 Å². The van der Waals surface area contributed by atoms with Crippen molar-refractivity contribution in [1.82, 2.24) is 4.90 Å². The molecule has 3 unspecified atom stereocenters. The lowest BCUT2D eigenvalue weighted by atomic mass is 9.70. The Bertz CT molecular complexity index is 1280. The molecular formula is C30H32F5NO3. The van der Waals surface area contributed by atoms with Crippen LogP contribution in [0, 0.1) is 17.2 Å². The highest BCUT2D eigenvalue weighted by Gasteiger charge is 2.58. The Hall–Kier alpha value is -2.97. The maximum atomic E-state index is 14.9. The van der Waals surface area contributed by atoms with Gasteiger partial charge in [-0.3, -0.25) is 9.59 Å². The summed E-state index contributed by atoms with van der Waals surface area (Å²) in [6.45, 7) is 2.83. The fraction of sp³-hybridized carbons (Fsp3) is 0.533. The number of hydrogen-bond donors (Lipinski definition) is 1. The number of aliphatic carboxylic acids is 1. The topological polar surface area (TPSA) is 57.6 Å². The minimum absolute atomic E-state index is 0.0732. The van der Waals surface area contributed by atoms with E-state index in [0.29, 0.717) is 57.6 Å². The van der Waals surface area contributed by atoms with Gasteiger partial charge in [-0.1, -0.05) is 37.3 Å². The van der Waals surface area contributed by atoms with Crippen molar-refractivity contribution in [1.29, 1.82) is 0 Å². The number of fused-ring (bicyclic) bond motifs is 3. The average Bonchev–Trinajstić information content (AvgIpc) is 3.37. The predicted molar refractivity (Wildman–Crippen MR) is 134 cm³/mol. The third-order valence-electron chi connectivity index (χ3n) is 9.59. The van der Waals surface area contributed by atoms with Gasteiger partial charge < -0.3 is 10.0 Å². The molecule has 1 saturated heterocycles. The van der Waals surface area contributed by atoms with Gasteiger partial charge in [-0.15, -0.1) is 0 Å². The van der Waals surface area contributed by atoms with Crippen LogP contribution in [0.5, 0.6) is 0 Å². The summed E-state index contributed by atoms with van der Waals surface area (Å²) in [7, 11) is 0. The van der Waals surface area contributed by atoms with E-state index in [0.717, 1.165) is 11.1 Å². The van der Waals surface area contributed by atoms with Gasteiger partial charge in [-0.2, -0.15) is 13.2 Å². The van der Waals surface area contributed by atoms with E-state index >= 15 is 0 Å². The second-order valence-electron chi connectivity index (χ2n) is 12.0. The van der Waals surface area contributed by atoms with Crippen LogP contribution in [0.2, 0.25) is 0 Å². The van der Waals surface area contributed by atoms with Crippen molar-refractivity contribution in [2.24, 2.45) is 11.3 Å². The Morgan fingerprint density at radius 1 is 1.03 bits per heavy atom. The Labute approximate surface area is 224 Å². The third-order valence-corrected chi connectivity index (χ3v) is 9.59. The molecule has 2 aromatic carbocycles. The van der Waals surface area contributed by atoms with Gasteiger partial charge in [-0.25, -0.2) is 8.78 Å². The van der Waals surface area contributed by atoms with Crippen LogP contribution in [0.15, 0.2) is 42.5 Å². The molecule has 1 saturated carbocycles. The zero-order valence-electron chi connectivity index (χ0n) is 22.0. The molecule has 2 aromatic rings. The summed E-state index contributed by atoms with van der Waals surface area (Å²) >= 11 is 0. The van der Waals surface area contributed by atoms with E-state index in [2.05, 4.69) is 0 Å². The first-order chi connectivity index (χ1) is 18.2. The highest BCUT2D eigenvalue weighted by Crippen LogP contribution is 2.54. The summed E-state index contributed by atoms with van der Waals surface area (Å²) in [5, 5.41) is 9.39.